The van der Waals surface area contributed by atoms with E-state index in [-0.39, 0.29) is 5.82 Å². The molecule has 2 aromatic rings. The van der Waals surface area contributed by atoms with E-state index in [4.69, 9.17) is 0 Å². The van der Waals surface area contributed by atoms with Crippen molar-refractivity contribution in [3.8, 4) is 0 Å². The first-order chi connectivity index (χ1) is 7.68. The summed E-state index contributed by atoms with van der Waals surface area (Å²) in [5.41, 5.74) is 1.83. The second-order valence-corrected chi connectivity index (χ2v) is 4.44. The van der Waals surface area contributed by atoms with Gasteiger partial charge in [-0.05, 0) is 40.4 Å². The lowest BCUT2D eigenvalue weighted by Gasteiger charge is -2.04. The Bertz CT molecular complexity index is 474. The molecule has 0 atom stereocenters. The Labute approximate surface area is 102 Å². The predicted molar refractivity (Wildman–Crippen MR) is 64.7 cm³/mol. The molecule has 0 amide bonds. The summed E-state index contributed by atoms with van der Waals surface area (Å²) >= 11 is 3.38. The lowest BCUT2D eigenvalue weighted by atomic mass is 10.1. The van der Waals surface area contributed by atoms with Crippen LogP contribution in [0, 0.1) is 5.82 Å². The number of hydrogen-bond donors (Lipinski definition) is 0. The summed E-state index contributed by atoms with van der Waals surface area (Å²) in [6.07, 6.45) is 3.21. The van der Waals surface area contributed by atoms with Crippen molar-refractivity contribution in [2.24, 2.45) is 7.05 Å². The van der Waals surface area contributed by atoms with E-state index < -0.39 is 0 Å². The van der Waals surface area contributed by atoms with Crippen LogP contribution < -0.4 is 0 Å². The summed E-state index contributed by atoms with van der Waals surface area (Å²) in [5, 5.41) is 0. The lowest BCUT2D eigenvalue weighted by Crippen LogP contribution is -2.00. The van der Waals surface area contributed by atoms with Crippen molar-refractivity contribution in [2.75, 3.05) is 0 Å². The highest BCUT2D eigenvalue weighted by atomic mass is 79.9. The molecule has 0 fully saturated rings. The van der Waals surface area contributed by atoms with E-state index in [1.165, 1.54) is 6.07 Å². The van der Waals surface area contributed by atoms with Crippen molar-refractivity contribution in [3.05, 3.63) is 52.3 Å². The van der Waals surface area contributed by atoms with Gasteiger partial charge in [-0.3, -0.25) is 0 Å². The minimum Gasteiger partial charge on any atom is -0.337 e. The van der Waals surface area contributed by atoms with E-state index in [1.54, 1.807) is 12.4 Å². The quantitative estimate of drug-likeness (QED) is 0.846. The van der Waals surface area contributed by atoms with E-state index in [1.807, 2.05) is 23.7 Å². The summed E-state index contributed by atoms with van der Waals surface area (Å²) in [4.78, 5) is 4.14. The van der Waals surface area contributed by atoms with Gasteiger partial charge in [0.2, 0.25) is 0 Å². The van der Waals surface area contributed by atoms with Crippen LogP contribution in [0.1, 0.15) is 11.3 Å². The molecule has 0 N–H and O–H groups in total. The lowest BCUT2D eigenvalue weighted by molar-refractivity contribution is 0.606. The normalized spacial score (nSPS) is 10.7. The fourth-order valence-corrected chi connectivity index (χ4v) is 2.23. The number of nitrogens with zero attached hydrogens (tertiary/aromatic N) is 2. The molecule has 2 nitrogen and oxygen atoms in total. The average molecular weight is 283 g/mol. The number of rotatable bonds is 3. The zero-order valence-corrected chi connectivity index (χ0v) is 10.5. The van der Waals surface area contributed by atoms with Gasteiger partial charge in [-0.2, -0.15) is 0 Å². The van der Waals surface area contributed by atoms with Gasteiger partial charge in [0.25, 0.3) is 0 Å². The third kappa shape index (κ3) is 2.32. The smallest absolute Gasteiger partial charge is 0.127 e. The molecule has 0 aliphatic carbocycles. The summed E-state index contributed by atoms with van der Waals surface area (Å²) in [6, 6.07) is 6.88. The zero-order valence-electron chi connectivity index (χ0n) is 8.95. The standard InChI is InChI=1S/C12H12BrFN2/c1-16-8-15-12(13)11(16)7-6-9-4-2-3-5-10(9)14/h2-5,8H,6-7H2,1H3. The van der Waals surface area contributed by atoms with Crippen LogP contribution in [0.2, 0.25) is 0 Å². The molecule has 0 aliphatic rings. The number of imidazole rings is 1. The number of benzene rings is 1. The van der Waals surface area contributed by atoms with Crippen LogP contribution in [0.3, 0.4) is 0 Å². The molecule has 1 aromatic heterocycles. The Morgan fingerprint density at radius 1 is 1.31 bits per heavy atom. The molecule has 0 bridgehead atoms. The molecule has 1 aromatic carbocycles. The first-order valence-corrected chi connectivity index (χ1v) is 5.87. The molecule has 16 heavy (non-hydrogen) atoms. The van der Waals surface area contributed by atoms with Crippen molar-refractivity contribution < 1.29 is 4.39 Å². The monoisotopic (exact) mass is 282 g/mol. The van der Waals surface area contributed by atoms with Gasteiger partial charge in [0, 0.05) is 7.05 Å². The Kier molecular flexibility index (Phi) is 3.39. The van der Waals surface area contributed by atoms with Gasteiger partial charge in [0.15, 0.2) is 0 Å². The average Bonchev–Trinajstić information content (AvgIpc) is 2.58. The van der Waals surface area contributed by atoms with Crippen molar-refractivity contribution >= 4 is 15.9 Å². The fourth-order valence-electron chi connectivity index (χ4n) is 1.66. The van der Waals surface area contributed by atoms with Crippen molar-refractivity contribution in [1.82, 2.24) is 9.55 Å². The molecule has 1 heterocycles. The first kappa shape index (κ1) is 11.3. The Hall–Kier alpha value is -1.16. The van der Waals surface area contributed by atoms with E-state index >= 15 is 0 Å². The van der Waals surface area contributed by atoms with Gasteiger partial charge >= 0.3 is 0 Å². The highest BCUT2D eigenvalue weighted by molar-refractivity contribution is 9.10. The van der Waals surface area contributed by atoms with Crippen molar-refractivity contribution in [3.63, 3.8) is 0 Å². The van der Waals surface area contributed by atoms with Gasteiger partial charge in [0.1, 0.15) is 10.4 Å². The molecular weight excluding hydrogens is 271 g/mol. The van der Waals surface area contributed by atoms with Crippen LogP contribution >= 0.6 is 15.9 Å². The van der Waals surface area contributed by atoms with E-state index in [9.17, 15) is 4.39 Å². The van der Waals surface area contributed by atoms with Gasteiger partial charge in [-0.25, -0.2) is 9.37 Å². The molecular formula is C12H12BrFN2. The number of hydrogen-bond acceptors (Lipinski definition) is 1. The van der Waals surface area contributed by atoms with Gasteiger partial charge in [0.05, 0.1) is 12.0 Å². The van der Waals surface area contributed by atoms with Crippen molar-refractivity contribution in [1.29, 1.82) is 0 Å². The van der Waals surface area contributed by atoms with Gasteiger partial charge in [-0.1, -0.05) is 18.2 Å². The maximum Gasteiger partial charge on any atom is 0.127 e. The Morgan fingerprint density at radius 2 is 2.06 bits per heavy atom. The number of aryl methyl sites for hydroxylation is 2. The maximum absolute atomic E-state index is 13.4. The summed E-state index contributed by atoms with van der Waals surface area (Å²) in [7, 11) is 1.94. The van der Waals surface area contributed by atoms with E-state index in [2.05, 4.69) is 20.9 Å². The van der Waals surface area contributed by atoms with Crippen molar-refractivity contribution in [2.45, 2.75) is 12.8 Å². The molecule has 0 radical (unpaired) electrons. The molecule has 4 heteroatoms. The van der Waals surface area contributed by atoms with E-state index in [0.29, 0.717) is 6.42 Å². The van der Waals surface area contributed by atoms with Gasteiger partial charge < -0.3 is 4.57 Å². The Balaban J connectivity index is 2.11. The largest absolute Gasteiger partial charge is 0.337 e. The van der Waals surface area contributed by atoms with Crippen LogP contribution in [0.15, 0.2) is 35.2 Å². The molecule has 0 unspecified atom stereocenters. The molecule has 84 valence electrons. The summed E-state index contributed by atoms with van der Waals surface area (Å²) in [5.74, 6) is -0.138. The zero-order chi connectivity index (χ0) is 11.5. The van der Waals surface area contributed by atoms with Crippen LogP contribution in [0.4, 0.5) is 4.39 Å². The van der Waals surface area contributed by atoms with Crippen LogP contribution in [0.5, 0.6) is 0 Å². The predicted octanol–water partition coefficient (Wildman–Crippen LogP) is 3.11. The fraction of sp³-hybridized carbons (Fsp3) is 0.250. The second kappa shape index (κ2) is 4.78. The maximum atomic E-state index is 13.4. The highest BCUT2D eigenvalue weighted by Crippen LogP contribution is 2.17. The molecule has 0 spiro atoms. The van der Waals surface area contributed by atoms with Crippen LogP contribution in [-0.4, -0.2) is 9.55 Å². The Morgan fingerprint density at radius 3 is 2.69 bits per heavy atom. The molecule has 0 saturated heterocycles. The third-order valence-corrected chi connectivity index (χ3v) is 3.26. The topological polar surface area (TPSA) is 17.8 Å². The SMILES string of the molecule is Cn1cnc(Br)c1CCc1ccccc1F. The molecule has 2 rings (SSSR count). The number of halogens is 2. The van der Waals surface area contributed by atoms with Crippen LogP contribution in [-0.2, 0) is 19.9 Å². The number of aromatic nitrogens is 2. The summed E-state index contributed by atoms with van der Waals surface area (Å²) in [6.45, 7) is 0. The van der Waals surface area contributed by atoms with E-state index in [0.717, 1.165) is 22.3 Å². The second-order valence-electron chi connectivity index (χ2n) is 3.68. The minimum atomic E-state index is -0.138. The molecule has 0 saturated carbocycles. The first-order valence-electron chi connectivity index (χ1n) is 5.07. The summed E-state index contributed by atoms with van der Waals surface area (Å²) < 4.78 is 16.2. The third-order valence-electron chi connectivity index (χ3n) is 2.60. The van der Waals surface area contributed by atoms with Gasteiger partial charge in [-0.15, -0.1) is 0 Å². The molecule has 0 aliphatic heterocycles. The van der Waals surface area contributed by atoms with Crippen LogP contribution in [0.25, 0.3) is 0 Å². The highest BCUT2D eigenvalue weighted by Gasteiger charge is 2.07. The minimum absolute atomic E-state index is 0.138.